The smallest absolute Gasteiger partial charge is 0.0809 e. The van der Waals surface area contributed by atoms with E-state index in [1.165, 1.54) is 0 Å². The van der Waals surface area contributed by atoms with E-state index in [4.69, 9.17) is 121 Å². The number of ether oxygens (including phenoxy) is 1. The van der Waals surface area contributed by atoms with Crippen LogP contribution in [0.2, 0.25) is 50.2 Å². The summed E-state index contributed by atoms with van der Waals surface area (Å²) in [5.41, 5.74) is 0.724. The summed E-state index contributed by atoms with van der Waals surface area (Å²) in [6.45, 7) is -0.0857. The van der Waals surface area contributed by atoms with E-state index in [-0.39, 0.29) is 63.4 Å². The molecule has 0 heterocycles. The van der Waals surface area contributed by atoms with Gasteiger partial charge in [0, 0.05) is 11.1 Å². The summed E-state index contributed by atoms with van der Waals surface area (Å²) in [5.74, 6) is 0. The van der Waals surface area contributed by atoms with E-state index in [1.54, 1.807) is 0 Å². The Hall–Kier alpha value is 1.30. The molecule has 0 aliphatic carbocycles. The van der Waals surface area contributed by atoms with Crippen molar-refractivity contribution in [1.82, 2.24) is 0 Å². The first-order chi connectivity index (χ1) is 11.6. The third-order valence-corrected chi connectivity index (χ3v) is 7.80. The summed E-state index contributed by atoms with van der Waals surface area (Å²) in [7, 11) is 0. The Morgan fingerprint density at radius 2 is 0.560 bits per heavy atom. The van der Waals surface area contributed by atoms with Crippen LogP contribution in [0.1, 0.15) is 11.1 Å². The van der Waals surface area contributed by atoms with Crippen molar-refractivity contribution < 1.29 is 4.74 Å². The second kappa shape index (κ2) is 9.20. The molecule has 25 heavy (non-hydrogen) atoms. The molecule has 1 nitrogen and oxygen atoms in total. The molecule has 0 atom stereocenters. The van der Waals surface area contributed by atoms with E-state index in [9.17, 15) is 0 Å². The van der Waals surface area contributed by atoms with Crippen LogP contribution in [-0.2, 0) is 18.0 Å². The molecule has 0 radical (unpaired) electrons. The molecule has 0 aliphatic rings. The second-order valence-corrected chi connectivity index (χ2v) is 8.37. The number of halogens is 10. The molecule has 0 unspecified atom stereocenters. The van der Waals surface area contributed by atoms with Crippen molar-refractivity contribution in [3.8, 4) is 0 Å². The highest BCUT2D eigenvalue weighted by molar-refractivity contribution is 6.56. The van der Waals surface area contributed by atoms with Crippen molar-refractivity contribution in [3.05, 3.63) is 61.4 Å². The van der Waals surface area contributed by atoms with Gasteiger partial charge in [-0.05, 0) is 0 Å². The first-order valence-electron chi connectivity index (χ1n) is 6.17. The van der Waals surface area contributed by atoms with Crippen LogP contribution in [-0.4, -0.2) is 0 Å². The maximum atomic E-state index is 6.14. The highest BCUT2D eigenvalue weighted by Gasteiger charge is 2.21. The minimum absolute atomic E-state index is 0.0429. The lowest BCUT2D eigenvalue weighted by Crippen LogP contribution is -2.00. The Labute approximate surface area is 193 Å². The zero-order valence-electron chi connectivity index (χ0n) is 11.6. The SMILES string of the molecule is Clc1c(Cl)c(Cl)c(COCc2c(Cl)c(Cl)c(Cl)c(Cl)c2Cl)c(Cl)c1Cl. The lowest BCUT2D eigenvalue weighted by atomic mass is 10.2. The molecule has 0 aliphatic heterocycles. The van der Waals surface area contributed by atoms with Gasteiger partial charge in [0.1, 0.15) is 0 Å². The Balaban J connectivity index is 2.29. The summed E-state index contributed by atoms with van der Waals surface area (Å²) < 4.78 is 5.57. The molecule has 0 amide bonds. The quantitative estimate of drug-likeness (QED) is 0.276. The van der Waals surface area contributed by atoms with E-state index in [0.717, 1.165) is 0 Å². The van der Waals surface area contributed by atoms with E-state index in [0.29, 0.717) is 11.1 Å². The molecule has 11 heteroatoms. The van der Waals surface area contributed by atoms with E-state index in [1.807, 2.05) is 0 Å². The van der Waals surface area contributed by atoms with Gasteiger partial charge in [-0.25, -0.2) is 0 Å². The van der Waals surface area contributed by atoms with E-state index >= 15 is 0 Å². The van der Waals surface area contributed by atoms with Gasteiger partial charge in [-0.3, -0.25) is 0 Å². The molecule has 0 bridgehead atoms. The van der Waals surface area contributed by atoms with Crippen molar-refractivity contribution in [3.63, 3.8) is 0 Å². The second-order valence-electron chi connectivity index (χ2n) is 4.59. The molecule has 0 saturated carbocycles. The molecule has 0 N–H and O–H groups in total. The molecule has 0 aromatic heterocycles. The lowest BCUT2D eigenvalue weighted by Gasteiger charge is -2.15. The molecular formula is C14H4Cl10O. The van der Waals surface area contributed by atoms with Gasteiger partial charge in [0.15, 0.2) is 0 Å². The fourth-order valence-electron chi connectivity index (χ4n) is 1.81. The van der Waals surface area contributed by atoms with Crippen LogP contribution < -0.4 is 0 Å². The van der Waals surface area contributed by atoms with E-state index < -0.39 is 0 Å². The van der Waals surface area contributed by atoms with Crippen molar-refractivity contribution in [2.45, 2.75) is 13.2 Å². The van der Waals surface area contributed by atoms with Gasteiger partial charge >= 0.3 is 0 Å². The molecule has 136 valence electrons. The maximum Gasteiger partial charge on any atom is 0.0809 e. The number of hydrogen-bond acceptors (Lipinski definition) is 1. The van der Waals surface area contributed by atoms with Crippen LogP contribution in [0.3, 0.4) is 0 Å². The Kier molecular flexibility index (Phi) is 8.31. The Bertz CT molecular complexity index is 721. The zero-order chi connectivity index (χ0) is 19.0. The average Bonchev–Trinajstić information content (AvgIpc) is 2.60. The summed E-state index contributed by atoms with van der Waals surface area (Å²) in [4.78, 5) is 0. The molecule has 0 spiro atoms. The molecule has 0 fully saturated rings. The summed E-state index contributed by atoms with van der Waals surface area (Å²) in [5, 5.41) is 0.936. The van der Waals surface area contributed by atoms with Crippen LogP contribution in [0.15, 0.2) is 0 Å². The minimum Gasteiger partial charge on any atom is -0.372 e. The van der Waals surface area contributed by atoms with Crippen LogP contribution in [0.25, 0.3) is 0 Å². The third kappa shape index (κ3) is 4.49. The standard InChI is InChI=1S/C14H4Cl10O/c15-5-3(6(16)10(20)13(23)9(5)19)1-25-2-4-7(17)11(21)14(24)12(22)8(4)18/h1-2H2. The Morgan fingerprint density at radius 3 is 0.800 bits per heavy atom. The maximum absolute atomic E-state index is 6.14. The van der Waals surface area contributed by atoms with E-state index in [2.05, 4.69) is 0 Å². The van der Waals surface area contributed by atoms with Gasteiger partial charge in [0.2, 0.25) is 0 Å². The van der Waals surface area contributed by atoms with Gasteiger partial charge in [0.25, 0.3) is 0 Å². The van der Waals surface area contributed by atoms with Gasteiger partial charge in [0.05, 0.1) is 63.4 Å². The Morgan fingerprint density at radius 1 is 0.360 bits per heavy atom. The lowest BCUT2D eigenvalue weighted by molar-refractivity contribution is 0.107. The van der Waals surface area contributed by atoms with Gasteiger partial charge in [-0.2, -0.15) is 0 Å². The van der Waals surface area contributed by atoms with Crippen LogP contribution in [0.4, 0.5) is 0 Å². The fraction of sp³-hybridized carbons (Fsp3) is 0.143. The predicted molar refractivity (Wildman–Crippen MR) is 111 cm³/mol. The molecule has 2 aromatic rings. The molecule has 2 rings (SSSR count). The zero-order valence-corrected chi connectivity index (χ0v) is 19.2. The number of hydrogen-bond donors (Lipinski definition) is 0. The molecule has 2 aromatic carbocycles. The minimum atomic E-state index is -0.0429. The number of benzene rings is 2. The van der Waals surface area contributed by atoms with Crippen LogP contribution in [0, 0.1) is 0 Å². The first-order valence-corrected chi connectivity index (χ1v) is 9.95. The van der Waals surface area contributed by atoms with Crippen molar-refractivity contribution >= 4 is 116 Å². The van der Waals surface area contributed by atoms with Crippen molar-refractivity contribution in [2.75, 3.05) is 0 Å². The van der Waals surface area contributed by atoms with Crippen molar-refractivity contribution in [1.29, 1.82) is 0 Å². The monoisotopic (exact) mass is 538 g/mol. The average molecular weight is 543 g/mol. The molecule has 0 saturated heterocycles. The molecular weight excluding hydrogens is 539 g/mol. The van der Waals surface area contributed by atoms with Gasteiger partial charge in [-0.15, -0.1) is 0 Å². The highest BCUT2D eigenvalue weighted by Crippen LogP contribution is 2.46. The van der Waals surface area contributed by atoms with Gasteiger partial charge in [-0.1, -0.05) is 116 Å². The highest BCUT2D eigenvalue weighted by atomic mass is 35.5. The van der Waals surface area contributed by atoms with Crippen LogP contribution in [0.5, 0.6) is 0 Å². The third-order valence-electron chi connectivity index (χ3n) is 3.09. The largest absolute Gasteiger partial charge is 0.372 e. The normalized spacial score (nSPS) is 11.3. The topological polar surface area (TPSA) is 9.23 Å². The summed E-state index contributed by atoms with van der Waals surface area (Å²) >= 11 is 60.5. The fourth-order valence-corrected chi connectivity index (χ4v) is 4.38. The number of rotatable bonds is 4. The first kappa shape index (κ1) is 22.6. The van der Waals surface area contributed by atoms with Crippen LogP contribution >= 0.6 is 116 Å². The predicted octanol–water partition coefficient (Wildman–Crippen LogP) is 9.94. The van der Waals surface area contributed by atoms with Crippen molar-refractivity contribution in [2.24, 2.45) is 0 Å². The summed E-state index contributed by atoms with van der Waals surface area (Å²) in [6, 6.07) is 0. The van der Waals surface area contributed by atoms with Gasteiger partial charge < -0.3 is 4.74 Å². The summed E-state index contributed by atoms with van der Waals surface area (Å²) in [6.07, 6.45) is 0.